The topological polar surface area (TPSA) is 63.6 Å². The first-order valence-corrected chi connectivity index (χ1v) is 8.98. The quantitative estimate of drug-likeness (QED) is 0.401. The predicted molar refractivity (Wildman–Crippen MR) is 78.6 cm³/mol. The lowest BCUT2D eigenvalue weighted by Gasteiger charge is -2.09. The Hall–Kier alpha value is -0.130. The molecule has 0 aliphatic heterocycles. The van der Waals surface area contributed by atoms with Gasteiger partial charge in [-0.25, -0.2) is 4.18 Å². The summed E-state index contributed by atoms with van der Waals surface area (Å²) in [6.07, 6.45) is 12.8. The lowest BCUT2D eigenvalue weighted by atomic mass is 10.1. The maximum Gasteiger partial charge on any atom is 0.397 e. The number of hydrogen-bond acceptors (Lipinski definition) is 3. The SMILES string of the molecule is CCCCCCCCCCCCC(C)OS(=O)(=O)O. The molecule has 116 valence electrons. The molecule has 0 amide bonds. The van der Waals surface area contributed by atoms with Gasteiger partial charge in [-0.05, 0) is 13.3 Å². The van der Waals surface area contributed by atoms with Gasteiger partial charge in [0, 0.05) is 0 Å². The van der Waals surface area contributed by atoms with E-state index in [1.54, 1.807) is 6.92 Å². The molecule has 0 aromatic heterocycles. The minimum Gasteiger partial charge on any atom is -0.264 e. The molecular weight excluding hydrogens is 264 g/mol. The number of hydrogen-bond donors (Lipinski definition) is 1. The molecule has 1 atom stereocenters. The van der Waals surface area contributed by atoms with Gasteiger partial charge in [0.2, 0.25) is 0 Å². The minimum absolute atomic E-state index is 0.427. The van der Waals surface area contributed by atoms with Crippen LogP contribution in [-0.2, 0) is 14.6 Å². The van der Waals surface area contributed by atoms with Gasteiger partial charge < -0.3 is 0 Å². The van der Waals surface area contributed by atoms with Crippen LogP contribution in [0.4, 0.5) is 0 Å². The lowest BCUT2D eigenvalue weighted by molar-refractivity contribution is 0.185. The van der Waals surface area contributed by atoms with Crippen LogP contribution in [0.3, 0.4) is 0 Å². The molecule has 0 heterocycles. The van der Waals surface area contributed by atoms with Crippen LogP contribution in [0.2, 0.25) is 0 Å². The van der Waals surface area contributed by atoms with Crippen molar-refractivity contribution in [3.05, 3.63) is 0 Å². The fraction of sp³-hybridized carbons (Fsp3) is 1.00. The molecular formula is C14H30O4S. The average molecular weight is 294 g/mol. The second-order valence-electron chi connectivity index (χ2n) is 5.31. The zero-order valence-electron chi connectivity index (χ0n) is 12.4. The smallest absolute Gasteiger partial charge is 0.264 e. The molecule has 0 rings (SSSR count). The first kappa shape index (κ1) is 18.9. The monoisotopic (exact) mass is 294 g/mol. The van der Waals surface area contributed by atoms with Crippen LogP contribution in [0.1, 0.15) is 84.5 Å². The molecule has 0 aromatic carbocycles. The molecule has 0 aliphatic carbocycles. The summed E-state index contributed by atoms with van der Waals surface area (Å²) >= 11 is 0. The van der Waals surface area contributed by atoms with Gasteiger partial charge in [0.25, 0.3) is 0 Å². The Labute approximate surface area is 118 Å². The van der Waals surface area contributed by atoms with Crippen molar-refractivity contribution in [2.45, 2.75) is 90.6 Å². The Kier molecular flexibility index (Phi) is 11.6. The van der Waals surface area contributed by atoms with E-state index in [4.69, 9.17) is 4.55 Å². The summed E-state index contributed by atoms with van der Waals surface area (Å²) in [4.78, 5) is 0. The summed E-state index contributed by atoms with van der Waals surface area (Å²) in [6, 6.07) is 0. The van der Waals surface area contributed by atoms with Crippen molar-refractivity contribution in [2.75, 3.05) is 0 Å². The number of unbranched alkanes of at least 4 members (excludes halogenated alkanes) is 9. The fourth-order valence-electron chi connectivity index (χ4n) is 2.17. The summed E-state index contributed by atoms with van der Waals surface area (Å²) in [5.74, 6) is 0. The fourth-order valence-corrected chi connectivity index (χ4v) is 2.69. The summed E-state index contributed by atoms with van der Waals surface area (Å²) in [5.41, 5.74) is 0. The van der Waals surface area contributed by atoms with Crippen LogP contribution >= 0.6 is 0 Å². The van der Waals surface area contributed by atoms with E-state index in [-0.39, 0.29) is 0 Å². The Morgan fingerprint density at radius 2 is 1.32 bits per heavy atom. The van der Waals surface area contributed by atoms with Crippen LogP contribution in [0, 0.1) is 0 Å². The molecule has 0 saturated heterocycles. The maximum absolute atomic E-state index is 10.5. The van der Waals surface area contributed by atoms with Crippen molar-refractivity contribution in [3.63, 3.8) is 0 Å². The highest BCUT2D eigenvalue weighted by Gasteiger charge is 2.11. The van der Waals surface area contributed by atoms with Gasteiger partial charge in [0.05, 0.1) is 6.10 Å². The summed E-state index contributed by atoms with van der Waals surface area (Å²) in [6.45, 7) is 3.90. The first-order valence-electron chi connectivity index (χ1n) is 7.61. The highest BCUT2D eigenvalue weighted by Crippen LogP contribution is 2.13. The maximum atomic E-state index is 10.5. The van der Waals surface area contributed by atoms with E-state index in [0.29, 0.717) is 6.42 Å². The summed E-state index contributed by atoms with van der Waals surface area (Å²) < 4.78 is 33.9. The zero-order chi connectivity index (χ0) is 14.6. The zero-order valence-corrected chi connectivity index (χ0v) is 13.3. The second kappa shape index (κ2) is 11.7. The van der Waals surface area contributed by atoms with Crippen LogP contribution in [0.25, 0.3) is 0 Å². The van der Waals surface area contributed by atoms with Gasteiger partial charge in [-0.3, -0.25) is 4.55 Å². The van der Waals surface area contributed by atoms with E-state index in [2.05, 4.69) is 11.1 Å². The third-order valence-electron chi connectivity index (χ3n) is 3.25. The molecule has 0 fully saturated rings. The van der Waals surface area contributed by atoms with Gasteiger partial charge in [0.15, 0.2) is 0 Å². The normalized spacial score (nSPS) is 13.6. The lowest BCUT2D eigenvalue weighted by Crippen LogP contribution is -2.14. The van der Waals surface area contributed by atoms with Crippen molar-refractivity contribution in [2.24, 2.45) is 0 Å². The Morgan fingerprint density at radius 3 is 1.74 bits per heavy atom. The first-order chi connectivity index (χ1) is 8.95. The van der Waals surface area contributed by atoms with Crippen molar-refractivity contribution in [3.8, 4) is 0 Å². The molecule has 0 spiro atoms. The van der Waals surface area contributed by atoms with Crippen molar-refractivity contribution >= 4 is 10.4 Å². The van der Waals surface area contributed by atoms with E-state index in [0.717, 1.165) is 12.8 Å². The molecule has 4 nitrogen and oxygen atoms in total. The highest BCUT2D eigenvalue weighted by molar-refractivity contribution is 7.80. The third kappa shape index (κ3) is 15.8. The Morgan fingerprint density at radius 1 is 0.895 bits per heavy atom. The molecule has 0 radical (unpaired) electrons. The predicted octanol–water partition coefficient (Wildman–Crippen LogP) is 4.51. The van der Waals surface area contributed by atoms with Crippen molar-refractivity contribution < 1.29 is 17.2 Å². The van der Waals surface area contributed by atoms with E-state index in [1.165, 1.54) is 51.4 Å². The van der Waals surface area contributed by atoms with E-state index >= 15 is 0 Å². The van der Waals surface area contributed by atoms with Crippen LogP contribution in [-0.4, -0.2) is 19.1 Å². The van der Waals surface area contributed by atoms with Gasteiger partial charge in [-0.2, -0.15) is 8.42 Å². The van der Waals surface area contributed by atoms with E-state index < -0.39 is 16.5 Å². The van der Waals surface area contributed by atoms with Crippen LogP contribution in [0.5, 0.6) is 0 Å². The van der Waals surface area contributed by atoms with Gasteiger partial charge >= 0.3 is 10.4 Å². The molecule has 1 unspecified atom stereocenters. The molecule has 0 saturated carbocycles. The van der Waals surface area contributed by atoms with E-state index in [1.807, 2.05) is 0 Å². The molecule has 19 heavy (non-hydrogen) atoms. The number of rotatable bonds is 13. The molecule has 1 N–H and O–H groups in total. The summed E-state index contributed by atoms with van der Waals surface area (Å²) in [7, 11) is -4.29. The second-order valence-corrected chi connectivity index (χ2v) is 6.35. The Balaban J connectivity index is 3.23. The van der Waals surface area contributed by atoms with Crippen LogP contribution < -0.4 is 0 Å². The Bertz CT molecular complexity index is 288. The highest BCUT2D eigenvalue weighted by atomic mass is 32.3. The third-order valence-corrected chi connectivity index (χ3v) is 3.82. The van der Waals surface area contributed by atoms with Crippen molar-refractivity contribution in [1.82, 2.24) is 0 Å². The minimum atomic E-state index is -4.29. The molecule has 0 bridgehead atoms. The molecule has 5 heteroatoms. The average Bonchev–Trinajstić information content (AvgIpc) is 2.29. The van der Waals surface area contributed by atoms with Crippen LogP contribution in [0.15, 0.2) is 0 Å². The van der Waals surface area contributed by atoms with Crippen molar-refractivity contribution in [1.29, 1.82) is 0 Å². The van der Waals surface area contributed by atoms with Gasteiger partial charge in [-0.1, -0.05) is 71.1 Å². The summed E-state index contributed by atoms with van der Waals surface area (Å²) in [5, 5.41) is 0. The van der Waals surface area contributed by atoms with Gasteiger partial charge in [0.1, 0.15) is 0 Å². The standard InChI is InChI=1S/C14H30O4S/c1-3-4-5-6-7-8-9-10-11-12-13-14(2)18-19(15,16)17/h14H,3-13H2,1-2H3,(H,15,16,17). The van der Waals surface area contributed by atoms with E-state index in [9.17, 15) is 8.42 Å². The van der Waals surface area contributed by atoms with Gasteiger partial charge in [-0.15, -0.1) is 0 Å². The largest absolute Gasteiger partial charge is 0.397 e. The molecule has 0 aromatic rings. The molecule has 0 aliphatic rings.